The Morgan fingerprint density at radius 2 is 1.82 bits per heavy atom. The van der Waals surface area contributed by atoms with E-state index < -0.39 is 0 Å². The topological polar surface area (TPSA) is 44.4 Å². The molecule has 4 heteroatoms. The number of piperazine rings is 1. The molecule has 100 valence electrons. The summed E-state index contributed by atoms with van der Waals surface area (Å²) >= 11 is 0. The second-order valence-electron chi connectivity index (χ2n) is 5.56. The Labute approximate surface area is 105 Å². The summed E-state index contributed by atoms with van der Waals surface area (Å²) in [6, 6.07) is 0.267. The molecule has 0 spiro atoms. The molecular formula is C13H27N3O. The van der Waals surface area contributed by atoms with Crippen molar-refractivity contribution in [3.63, 3.8) is 0 Å². The van der Waals surface area contributed by atoms with Gasteiger partial charge in [0.15, 0.2) is 0 Å². The highest BCUT2D eigenvalue weighted by Gasteiger charge is 2.21. The van der Waals surface area contributed by atoms with Crippen molar-refractivity contribution in [2.45, 2.75) is 33.7 Å². The van der Waals surface area contributed by atoms with E-state index in [1.54, 1.807) is 0 Å². The van der Waals surface area contributed by atoms with Crippen LogP contribution in [0.3, 0.4) is 0 Å². The first kappa shape index (κ1) is 14.5. The molecule has 1 aliphatic heterocycles. The predicted octanol–water partition coefficient (Wildman–Crippen LogP) is 0.688. The molecule has 1 atom stereocenters. The van der Waals surface area contributed by atoms with Crippen LogP contribution in [0.1, 0.15) is 27.7 Å². The summed E-state index contributed by atoms with van der Waals surface area (Å²) < 4.78 is 0. The van der Waals surface area contributed by atoms with Crippen molar-refractivity contribution in [1.29, 1.82) is 0 Å². The molecule has 0 radical (unpaired) electrons. The van der Waals surface area contributed by atoms with Crippen LogP contribution in [0.25, 0.3) is 0 Å². The lowest BCUT2D eigenvalue weighted by Gasteiger charge is -2.33. The van der Waals surface area contributed by atoms with Gasteiger partial charge < -0.3 is 10.6 Å². The molecule has 0 aromatic heterocycles. The van der Waals surface area contributed by atoms with Crippen molar-refractivity contribution in [2.75, 3.05) is 32.7 Å². The first-order valence-electron chi connectivity index (χ1n) is 6.74. The van der Waals surface area contributed by atoms with E-state index in [4.69, 9.17) is 0 Å². The summed E-state index contributed by atoms with van der Waals surface area (Å²) in [5.41, 5.74) is 0. The lowest BCUT2D eigenvalue weighted by molar-refractivity contribution is -0.125. The molecule has 1 amide bonds. The Bertz CT molecular complexity index is 235. The maximum atomic E-state index is 11.8. The Morgan fingerprint density at radius 1 is 1.24 bits per heavy atom. The largest absolute Gasteiger partial charge is 0.352 e. The van der Waals surface area contributed by atoms with Crippen molar-refractivity contribution in [1.82, 2.24) is 15.5 Å². The number of rotatable bonds is 5. The maximum absolute atomic E-state index is 11.8. The highest BCUT2D eigenvalue weighted by Crippen LogP contribution is 2.06. The third-order valence-electron chi connectivity index (χ3n) is 3.32. The molecule has 1 aliphatic rings. The van der Waals surface area contributed by atoms with Gasteiger partial charge in [-0.1, -0.05) is 27.7 Å². The van der Waals surface area contributed by atoms with Gasteiger partial charge in [-0.3, -0.25) is 9.69 Å². The molecule has 0 unspecified atom stereocenters. The minimum Gasteiger partial charge on any atom is -0.352 e. The van der Waals surface area contributed by atoms with Crippen LogP contribution in [-0.2, 0) is 4.79 Å². The van der Waals surface area contributed by atoms with Gasteiger partial charge in [-0.2, -0.15) is 0 Å². The average Bonchev–Trinajstić information content (AvgIpc) is 2.29. The van der Waals surface area contributed by atoms with E-state index in [1.165, 1.54) is 0 Å². The standard InChI is InChI=1S/C13H27N3O/c1-10(2)12(15-13(17)11(3)4)9-16-7-5-14-6-8-16/h10-12,14H,5-9H2,1-4H3,(H,15,17)/t12-/m0/s1. The molecule has 0 aromatic rings. The van der Waals surface area contributed by atoms with Gasteiger partial charge >= 0.3 is 0 Å². The number of hydrogen-bond acceptors (Lipinski definition) is 3. The highest BCUT2D eigenvalue weighted by atomic mass is 16.1. The Morgan fingerprint density at radius 3 is 2.29 bits per heavy atom. The van der Waals surface area contributed by atoms with E-state index in [1.807, 2.05) is 13.8 Å². The molecule has 1 rings (SSSR count). The molecule has 0 aromatic carbocycles. The van der Waals surface area contributed by atoms with Gasteiger partial charge in [-0.15, -0.1) is 0 Å². The summed E-state index contributed by atoms with van der Waals surface area (Å²) in [4.78, 5) is 14.2. The van der Waals surface area contributed by atoms with Gasteiger partial charge in [0.25, 0.3) is 0 Å². The van der Waals surface area contributed by atoms with Gasteiger partial charge in [-0.25, -0.2) is 0 Å². The first-order valence-corrected chi connectivity index (χ1v) is 6.74. The number of amides is 1. The van der Waals surface area contributed by atoms with Crippen LogP contribution < -0.4 is 10.6 Å². The zero-order chi connectivity index (χ0) is 12.8. The van der Waals surface area contributed by atoms with E-state index >= 15 is 0 Å². The molecule has 0 aliphatic carbocycles. The monoisotopic (exact) mass is 241 g/mol. The molecular weight excluding hydrogens is 214 g/mol. The SMILES string of the molecule is CC(C)C(=O)N[C@@H](CN1CCNCC1)C(C)C. The Balaban J connectivity index is 2.44. The average molecular weight is 241 g/mol. The second kappa shape index (κ2) is 6.97. The zero-order valence-electron chi connectivity index (χ0n) is 11.6. The number of nitrogens with one attached hydrogen (secondary N) is 2. The summed E-state index contributed by atoms with van der Waals surface area (Å²) in [6.45, 7) is 13.5. The van der Waals surface area contributed by atoms with Crippen LogP contribution in [0, 0.1) is 11.8 Å². The quantitative estimate of drug-likeness (QED) is 0.744. The number of carbonyl (C=O) groups excluding carboxylic acids is 1. The second-order valence-corrected chi connectivity index (χ2v) is 5.56. The van der Waals surface area contributed by atoms with Gasteiger partial charge in [-0.05, 0) is 5.92 Å². The lowest BCUT2D eigenvalue weighted by Crippen LogP contribution is -2.52. The normalized spacial score (nSPS) is 19.6. The van der Waals surface area contributed by atoms with Gasteiger partial charge in [0.05, 0.1) is 0 Å². The van der Waals surface area contributed by atoms with Crippen LogP contribution in [0.15, 0.2) is 0 Å². The fourth-order valence-corrected chi connectivity index (χ4v) is 1.94. The number of nitrogens with zero attached hydrogens (tertiary/aromatic N) is 1. The fourth-order valence-electron chi connectivity index (χ4n) is 1.94. The number of hydrogen-bond donors (Lipinski definition) is 2. The third-order valence-corrected chi connectivity index (χ3v) is 3.32. The minimum atomic E-state index is 0.0688. The first-order chi connectivity index (χ1) is 8.00. The summed E-state index contributed by atoms with van der Waals surface area (Å²) in [7, 11) is 0. The van der Waals surface area contributed by atoms with E-state index in [0.29, 0.717) is 5.92 Å². The molecule has 1 heterocycles. The summed E-state index contributed by atoms with van der Waals surface area (Å²) in [6.07, 6.45) is 0. The molecule has 0 saturated carbocycles. The van der Waals surface area contributed by atoms with E-state index in [2.05, 4.69) is 29.4 Å². The van der Waals surface area contributed by atoms with Gasteiger partial charge in [0.1, 0.15) is 0 Å². The molecule has 17 heavy (non-hydrogen) atoms. The van der Waals surface area contributed by atoms with Crippen molar-refractivity contribution < 1.29 is 4.79 Å². The highest BCUT2D eigenvalue weighted by molar-refractivity contribution is 5.78. The van der Waals surface area contributed by atoms with Crippen molar-refractivity contribution >= 4 is 5.91 Å². The van der Waals surface area contributed by atoms with Gasteiger partial charge in [0, 0.05) is 44.7 Å². The van der Waals surface area contributed by atoms with E-state index in [9.17, 15) is 4.79 Å². The Hall–Kier alpha value is -0.610. The molecule has 4 nitrogen and oxygen atoms in total. The van der Waals surface area contributed by atoms with Crippen molar-refractivity contribution in [2.24, 2.45) is 11.8 Å². The van der Waals surface area contributed by atoms with E-state index in [0.717, 1.165) is 32.7 Å². The summed E-state index contributed by atoms with van der Waals surface area (Å²) in [5, 5.41) is 6.51. The van der Waals surface area contributed by atoms with Crippen molar-refractivity contribution in [3.05, 3.63) is 0 Å². The van der Waals surface area contributed by atoms with Crippen LogP contribution in [0.4, 0.5) is 0 Å². The van der Waals surface area contributed by atoms with Crippen LogP contribution >= 0.6 is 0 Å². The summed E-state index contributed by atoms with van der Waals surface area (Å²) in [5.74, 6) is 0.714. The van der Waals surface area contributed by atoms with Crippen LogP contribution in [0.2, 0.25) is 0 Å². The third kappa shape index (κ3) is 5.04. The van der Waals surface area contributed by atoms with Crippen LogP contribution in [0.5, 0.6) is 0 Å². The zero-order valence-corrected chi connectivity index (χ0v) is 11.6. The Kier molecular flexibility index (Phi) is 5.92. The minimum absolute atomic E-state index is 0.0688. The van der Waals surface area contributed by atoms with E-state index in [-0.39, 0.29) is 17.9 Å². The fraction of sp³-hybridized carbons (Fsp3) is 0.923. The molecule has 2 N–H and O–H groups in total. The molecule has 0 bridgehead atoms. The maximum Gasteiger partial charge on any atom is 0.222 e. The van der Waals surface area contributed by atoms with Crippen LogP contribution in [-0.4, -0.2) is 49.6 Å². The lowest BCUT2D eigenvalue weighted by atomic mass is 10.0. The van der Waals surface area contributed by atoms with Crippen molar-refractivity contribution in [3.8, 4) is 0 Å². The number of carbonyl (C=O) groups is 1. The smallest absolute Gasteiger partial charge is 0.222 e. The molecule has 1 fully saturated rings. The predicted molar refractivity (Wildman–Crippen MR) is 70.9 cm³/mol. The van der Waals surface area contributed by atoms with Gasteiger partial charge in [0.2, 0.25) is 5.91 Å². The molecule has 1 saturated heterocycles.